The van der Waals surface area contributed by atoms with Gasteiger partial charge in [-0.15, -0.1) is 0 Å². The summed E-state index contributed by atoms with van der Waals surface area (Å²) in [6.45, 7) is 2.21. The maximum Gasteiger partial charge on any atom is 0.317 e. The van der Waals surface area contributed by atoms with Crippen LogP contribution in [0.3, 0.4) is 0 Å². The molecule has 3 amide bonds. The van der Waals surface area contributed by atoms with Gasteiger partial charge in [-0.2, -0.15) is 0 Å². The largest absolute Gasteiger partial charge is 0.494 e. The molecular formula is C20H23ClFN3O3. The minimum absolute atomic E-state index is 0.114. The Morgan fingerprint density at radius 1 is 1.25 bits per heavy atom. The number of ether oxygens (including phenoxy) is 1. The Balaban J connectivity index is 1.79. The fourth-order valence-corrected chi connectivity index (χ4v) is 2.70. The number of nitrogens with one attached hydrogen (secondary N) is 2. The van der Waals surface area contributed by atoms with Crippen LogP contribution in [-0.4, -0.2) is 37.5 Å². The number of carbonyl (C=O) groups is 2. The van der Waals surface area contributed by atoms with E-state index >= 15 is 0 Å². The minimum atomic E-state index is -0.484. The van der Waals surface area contributed by atoms with E-state index in [0.717, 1.165) is 5.56 Å². The molecule has 0 aliphatic heterocycles. The minimum Gasteiger partial charge on any atom is -0.494 e. The molecule has 0 bridgehead atoms. The molecule has 0 saturated heterocycles. The van der Waals surface area contributed by atoms with E-state index in [1.54, 1.807) is 31.3 Å². The summed E-state index contributed by atoms with van der Waals surface area (Å²) in [7, 11) is 2.98. The molecule has 2 aromatic rings. The molecule has 0 aromatic heterocycles. The van der Waals surface area contributed by atoms with Gasteiger partial charge in [0.05, 0.1) is 7.11 Å². The molecule has 0 spiro atoms. The number of hydrogen-bond donors (Lipinski definition) is 2. The van der Waals surface area contributed by atoms with Crippen LogP contribution in [0.15, 0.2) is 36.4 Å². The topological polar surface area (TPSA) is 70.7 Å². The van der Waals surface area contributed by atoms with Gasteiger partial charge in [-0.1, -0.05) is 23.7 Å². The first kappa shape index (κ1) is 21.5. The number of carbonyl (C=O) groups excluding carboxylic acids is 2. The molecular weight excluding hydrogens is 385 g/mol. The average Bonchev–Trinajstić information content (AvgIpc) is 2.65. The van der Waals surface area contributed by atoms with Gasteiger partial charge in [0.25, 0.3) is 0 Å². The van der Waals surface area contributed by atoms with Crippen molar-refractivity contribution in [3.8, 4) is 5.75 Å². The maximum absolute atomic E-state index is 13.7. The van der Waals surface area contributed by atoms with Gasteiger partial charge in [-0.25, -0.2) is 9.18 Å². The number of anilines is 1. The van der Waals surface area contributed by atoms with Crippen molar-refractivity contribution < 1.29 is 18.7 Å². The van der Waals surface area contributed by atoms with Gasteiger partial charge in [0.2, 0.25) is 5.91 Å². The first-order chi connectivity index (χ1) is 13.3. The van der Waals surface area contributed by atoms with Crippen molar-refractivity contribution in [1.29, 1.82) is 0 Å². The van der Waals surface area contributed by atoms with Crippen LogP contribution >= 0.6 is 11.6 Å². The monoisotopic (exact) mass is 407 g/mol. The third-order valence-corrected chi connectivity index (χ3v) is 4.56. The lowest BCUT2D eigenvalue weighted by atomic mass is 10.2. The van der Waals surface area contributed by atoms with Crippen LogP contribution in [0.4, 0.5) is 14.9 Å². The number of benzene rings is 2. The second-order valence-corrected chi connectivity index (χ2v) is 6.67. The second-order valence-electron chi connectivity index (χ2n) is 6.27. The molecule has 0 fully saturated rings. The van der Waals surface area contributed by atoms with E-state index < -0.39 is 5.82 Å². The van der Waals surface area contributed by atoms with Crippen molar-refractivity contribution in [2.24, 2.45) is 0 Å². The van der Waals surface area contributed by atoms with Crippen LogP contribution in [-0.2, 0) is 11.3 Å². The van der Waals surface area contributed by atoms with Crippen molar-refractivity contribution in [2.45, 2.75) is 19.9 Å². The summed E-state index contributed by atoms with van der Waals surface area (Å²) < 4.78 is 18.6. The van der Waals surface area contributed by atoms with E-state index in [-0.39, 0.29) is 37.2 Å². The summed E-state index contributed by atoms with van der Waals surface area (Å²) in [5.41, 5.74) is 2.06. The number of hydrogen-bond acceptors (Lipinski definition) is 3. The van der Waals surface area contributed by atoms with Crippen molar-refractivity contribution in [2.75, 3.05) is 26.0 Å². The van der Waals surface area contributed by atoms with Gasteiger partial charge in [-0.3, -0.25) is 4.79 Å². The highest BCUT2D eigenvalue weighted by Gasteiger charge is 2.12. The Labute approximate surface area is 168 Å². The zero-order valence-electron chi connectivity index (χ0n) is 16.0. The van der Waals surface area contributed by atoms with Gasteiger partial charge < -0.3 is 20.3 Å². The third kappa shape index (κ3) is 5.85. The van der Waals surface area contributed by atoms with E-state index in [9.17, 15) is 14.0 Å². The Hall–Kier alpha value is -2.80. The van der Waals surface area contributed by atoms with Crippen LogP contribution in [0.1, 0.15) is 17.5 Å². The summed E-state index contributed by atoms with van der Waals surface area (Å²) in [5, 5.41) is 6.01. The quantitative estimate of drug-likeness (QED) is 0.729. The summed E-state index contributed by atoms with van der Waals surface area (Å²) in [6.07, 6.45) is 0.114. The number of nitrogens with zero attached hydrogens (tertiary/aromatic N) is 1. The molecule has 0 unspecified atom stereocenters. The molecule has 150 valence electrons. The highest BCUT2D eigenvalue weighted by atomic mass is 35.5. The molecule has 2 rings (SSSR count). The molecule has 6 nitrogen and oxygen atoms in total. The highest BCUT2D eigenvalue weighted by Crippen LogP contribution is 2.23. The molecule has 0 aliphatic rings. The second kappa shape index (κ2) is 9.94. The Kier molecular flexibility index (Phi) is 7.63. The van der Waals surface area contributed by atoms with Crippen LogP contribution in [0.25, 0.3) is 0 Å². The lowest BCUT2D eigenvalue weighted by Gasteiger charge is -2.18. The van der Waals surface area contributed by atoms with Crippen molar-refractivity contribution in [1.82, 2.24) is 10.2 Å². The average molecular weight is 408 g/mol. The SMILES string of the molecule is COc1ccc(CN(C)C(=O)NCCC(=O)Nc2cccc(Cl)c2C)cc1F. The van der Waals surface area contributed by atoms with E-state index in [4.69, 9.17) is 16.3 Å². The van der Waals surface area contributed by atoms with Crippen molar-refractivity contribution >= 4 is 29.2 Å². The third-order valence-electron chi connectivity index (χ3n) is 4.15. The van der Waals surface area contributed by atoms with Crippen molar-refractivity contribution in [3.63, 3.8) is 0 Å². The molecule has 0 saturated carbocycles. The lowest BCUT2D eigenvalue weighted by molar-refractivity contribution is -0.116. The Bertz CT molecular complexity index is 861. The standard InChI is InChI=1S/C20H23ClFN3O3/c1-13-15(21)5-4-6-17(13)24-19(26)9-10-23-20(27)25(2)12-14-7-8-18(28-3)16(22)11-14/h4-8,11H,9-10,12H2,1-3H3,(H,23,27)(H,24,26). The summed E-state index contributed by atoms with van der Waals surface area (Å²) in [6, 6.07) is 9.43. The highest BCUT2D eigenvalue weighted by molar-refractivity contribution is 6.31. The van der Waals surface area contributed by atoms with Gasteiger partial charge >= 0.3 is 6.03 Å². The van der Waals surface area contributed by atoms with E-state index in [1.165, 1.54) is 24.1 Å². The van der Waals surface area contributed by atoms with Crippen LogP contribution < -0.4 is 15.4 Å². The first-order valence-electron chi connectivity index (χ1n) is 8.68. The smallest absolute Gasteiger partial charge is 0.317 e. The first-order valence-corrected chi connectivity index (χ1v) is 9.06. The van der Waals surface area contributed by atoms with Gasteiger partial charge in [0, 0.05) is 37.3 Å². The number of rotatable bonds is 7. The summed E-state index contributed by atoms with van der Waals surface area (Å²) in [4.78, 5) is 25.6. The van der Waals surface area contributed by atoms with Crippen LogP contribution in [0, 0.1) is 12.7 Å². The van der Waals surface area contributed by atoms with Crippen molar-refractivity contribution in [3.05, 3.63) is 58.4 Å². The maximum atomic E-state index is 13.7. The fraction of sp³-hybridized carbons (Fsp3) is 0.300. The predicted octanol–water partition coefficient (Wildman–Crippen LogP) is 3.97. The molecule has 0 heterocycles. The molecule has 2 aromatic carbocycles. The van der Waals surface area contributed by atoms with E-state index in [2.05, 4.69) is 10.6 Å². The molecule has 0 atom stereocenters. The zero-order valence-corrected chi connectivity index (χ0v) is 16.8. The van der Waals surface area contributed by atoms with Crippen LogP contribution in [0.2, 0.25) is 5.02 Å². The van der Waals surface area contributed by atoms with E-state index in [0.29, 0.717) is 16.3 Å². The lowest BCUT2D eigenvalue weighted by Crippen LogP contribution is -2.38. The molecule has 0 radical (unpaired) electrons. The number of amides is 3. The Morgan fingerprint density at radius 2 is 2.00 bits per heavy atom. The summed E-state index contributed by atoms with van der Waals surface area (Å²) >= 11 is 6.03. The molecule has 0 aliphatic carbocycles. The molecule has 8 heteroatoms. The van der Waals surface area contributed by atoms with Crippen LogP contribution in [0.5, 0.6) is 5.75 Å². The van der Waals surface area contributed by atoms with Gasteiger partial charge in [0.1, 0.15) is 0 Å². The molecule has 2 N–H and O–H groups in total. The molecule has 28 heavy (non-hydrogen) atoms. The van der Waals surface area contributed by atoms with E-state index in [1.807, 2.05) is 6.92 Å². The fourth-order valence-electron chi connectivity index (χ4n) is 2.53. The number of urea groups is 1. The number of methoxy groups -OCH3 is 1. The predicted molar refractivity (Wildman–Crippen MR) is 107 cm³/mol. The zero-order chi connectivity index (χ0) is 20.7. The van der Waals surface area contributed by atoms with Gasteiger partial charge in [0.15, 0.2) is 11.6 Å². The van der Waals surface area contributed by atoms with Gasteiger partial charge in [-0.05, 0) is 42.3 Å². The summed E-state index contributed by atoms with van der Waals surface area (Å²) in [5.74, 6) is -0.566. The Morgan fingerprint density at radius 3 is 2.68 bits per heavy atom. The normalized spacial score (nSPS) is 10.3. The number of halogens is 2.